The fraction of sp³-hybridized carbons (Fsp3) is 0. The Morgan fingerprint density at radius 1 is 1.12 bits per heavy atom. The Kier molecular flexibility index (Phi) is 2.15. The van der Waals surface area contributed by atoms with Crippen LogP contribution in [0.4, 0.5) is 17.2 Å². The van der Waals surface area contributed by atoms with Gasteiger partial charge in [-0.05, 0) is 12.1 Å². The number of fused-ring (bicyclic) bond motifs is 1. The third kappa shape index (κ3) is 1.67. The van der Waals surface area contributed by atoms with Crippen molar-refractivity contribution < 1.29 is 0 Å². The van der Waals surface area contributed by atoms with Gasteiger partial charge in [0.25, 0.3) is 0 Å². The zero-order chi connectivity index (χ0) is 11.7. The number of rotatable bonds is 2. The average molecular weight is 225 g/mol. The van der Waals surface area contributed by atoms with Crippen LogP contribution in [0, 0.1) is 0 Å². The third-order valence-electron chi connectivity index (χ3n) is 2.57. The second kappa shape index (κ2) is 3.79. The number of hydrogen-bond donors (Lipinski definition) is 3. The molecule has 0 saturated carbocycles. The second-order valence-corrected chi connectivity index (χ2v) is 3.70. The van der Waals surface area contributed by atoms with Crippen LogP contribution in [-0.4, -0.2) is 15.2 Å². The Balaban J connectivity index is 2.09. The number of aromatic amines is 1. The Morgan fingerprint density at radius 2 is 2.00 bits per heavy atom. The van der Waals surface area contributed by atoms with Crippen molar-refractivity contribution >= 4 is 28.1 Å². The number of H-pyrrole nitrogens is 1. The van der Waals surface area contributed by atoms with Gasteiger partial charge in [-0.2, -0.15) is 5.10 Å². The SMILES string of the molecule is Nc1[nH]ncc1Nc1cccc2cccnc12. The predicted molar refractivity (Wildman–Crippen MR) is 68.0 cm³/mol. The molecule has 0 unspecified atom stereocenters. The van der Waals surface area contributed by atoms with Crippen molar-refractivity contribution in [2.24, 2.45) is 0 Å². The monoisotopic (exact) mass is 225 g/mol. The highest BCUT2D eigenvalue weighted by Crippen LogP contribution is 2.26. The van der Waals surface area contributed by atoms with Crippen molar-refractivity contribution in [1.29, 1.82) is 0 Å². The van der Waals surface area contributed by atoms with E-state index in [4.69, 9.17) is 5.73 Å². The molecule has 1 aromatic carbocycles. The second-order valence-electron chi connectivity index (χ2n) is 3.70. The molecule has 5 heteroatoms. The minimum Gasteiger partial charge on any atom is -0.382 e. The van der Waals surface area contributed by atoms with Gasteiger partial charge in [0.05, 0.1) is 17.4 Å². The summed E-state index contributed by atoms with van der Waals surface area (Å²) in [6.07, 6.45) is 3.42. The molecule has 2 heterocycles. The van der Waals surface area contributed by atoms with Crippen molar-refractivity contribution in [3.63, 3.8) is 0 Å². The maximum absolute atomic E-state index is 5.73. The first-order valence-electron chi connectivity index (χ1n) is 5.24. The first-order valence-corrected chi connectivity index (χ1v) is 5.24. The summed E-state index contributed by atoms with van der Waals surface area (Å²) in [7, 11) is 0. The van der Waals surface area contributed by atoms with E-state index in [1.807, 2.05) is 30.3 Å². The highest BCUT2D eigenvalue weighted by Gasteiger charge is 2.05. The number of nitrogen functional groups attached to an aromatic ring is 1. The molecule has 0 bridgehead atoms. The molecular weight excluding hydrogens is 214 g/mol. The molecule has 0 radical (unpaired) electrons. The van der Waals surface area contributed by atoms with Gasteiger partial charge in [0, 0.05) is 11.6 Å². The molecule has 5 nitrogen and oxygen atoms in total. The highest BCUT2D eigenvalue weighted by atomic mass is 15.2. The Labute approximate surface area is 97.7 Å². The largest absolute Gasteiger partial charge is 0.382 e. The number of nitrogens with one attached hydrogen (secondary N) is 2. The van der Waals surface area contributed by atoms with Gasteiger partial charge in [0.2, 0.25) is 0 Å². The van der Waals surface area contributed by atoms with E-state index < -0.39 is 0 Å². The molecule has 4 N–H and O–H groups in total. The number of nitrogens with two attached hydrogens (primary N) is 1. The van der Waals surface area contributed by atoms with Crippen molar-refractivity contribution in [1.82, 2.24) is 15.2 Å². The van der Waals surface area contributed by atoms with Crippen LogP contribution in [0.2, 0.25) is 0 Å². The van der Waals surface area contributed by atoms with Crippen LogP contribution in [0.3, 0.4) is 0 Å². The van der Waals surface area contributed by atoms with Gasteiger partial charge in [0.1, 0.15) is 11.5 Å². The van der Waals surface area contributed by atoms with Crippen LogP contribution in [0.25, 0.3) is 10.9 Å². The normalized spacial score (nSPS) is 10.6. The van der Waals surface area contributed by atoms with Crippen molar-refractivity contribution in [2.75, 3.05) is 11.1 Å². The summed E-state index contributed by atoms with van der Waals surface area (Å²) in [5.74, 6) is 0.512. The Morgan fingerprint density at radius 3 is 2.82 bits per heavy atom. The van der Waals surface area contributed by atoms with E-state index in [-0.39, 0.29) is 0 Å². The maximum Gasteiger partial charge on any atom is 0.143 e. The van der Waals surface area contributed by atoms with E-state index in [1.54, 1.807) is 12.4 Å². The number of para-hydroxylation sites is 1. The van der Waals surface area contributed by atoms with Crippen LogP contribution in [0.15, 0.2) is 42.7 Å². The lowest BCUT2D eigenvalue weighted by atomic mass is 10.2. The molecule has 0 aliphatic heterocycles. The van der Waals surface area contributed by atoms with Crippen LogP contribution in [0.5, 0.6) is 0 Å². The minimum atomic E-state index is 0.512. The fourth-order valence-corrected chi connectivity index (χ4v) is 1.75. The van der Waals surface area contributed by atoms with E-state index in [2.05, 4.69) is 20.5 Å². The molecule has 0 spiro atoms. The summed E-state index contributed by atoms with van der Waals surface area (Å²) in [6.45, 7) is 0. The van der Waals surface area contributed by atoms with Gasteiger partial charge in [-0.25, -0.2) is 0 Å². The summed E-state index contributed by atoms with van der Waals surface area (Å²) in [5, 5.41) is 10.8. The van der Waals surface area contributed by atoms with Crippen molar-refractivity contribution in [2.45, 2.75) is 0 Å². The molecule has 84 valence electrons. The van der Waals surface area contributed by atoms with Crippen LogP contribution >= 0.6 is 0 Å². The van der Waals surface area contributed by atoms with E-state index in [0.29, 0.717) is 5.82 Å². The molecule has 3 rings (SSSR count). The van der Waals surface area contributed by atoms with Gasteiger partial charge in [0.15, 0.2) is 0 Å². The van der Waals surface area contributed by atoms with Gasteiger partial charge in [-0.3, -0.25) is 10.1 Å². The van der Waals surface area contributed by atoms with Crippen LogP contribution in [0.1, 0.15) is 0 Å². The molecule has 0 atom stereocenters. The van der Waals surface area contributed by atoms with E-state index in [9.17, 15) is 0 Å². The minimum absolute atomic E-state index is 0.512. The van der Waals surface area contributed by atoms with Crippen molar-refractivity contribution in [3.8, 4) is 0 Å². The standard InChI is InChI=1S/C12H11N5/c13-12-10(7-15-17-12)16-9-5-1-3-8-4-2-6-14-11(8)9/h1-7,16H,(H3,13,15,17). The zero-order valence-corrected chi connectivity index (χ0v) is 9.01. The van der Waals surface area contributed by atoms with Crippen LogP contribution < -0.4 is 11.1 Å². The molecule has 2 aromatic heterocycles. The zero-order valence-electron chi connectivity index (χ0n) is 9.01. The van der Waals surface area contributed by atoms with E-state index >= 15 is 0 Å². The van der Waals surface area contributed by atoms with E-state index in [0.717, 1.165) is 22.3 Å². The molecule has 0 fully saturated rings. The highest BCUT2D eigenvalue weighted by molar-refractivity contribution is 5.92. The van der Waals surface area contributed by atoms with E-state index in [1.165, 1.54) is 0 Å². The maximum atomic E-state index is 5.73. The number of pyridine rings is 1. The van der Waals surface area contributed by atoms with Gasteiger partial charge in [-0.1, -0.05) is 18.2 Å². The summed E-state index contributed by atoms with van der Waals surface area (Å²) in [4.78, 5) is 4.36. The first-order chi connectivity index (χ1) is 8.34. The Hall–Kier alpha value is -2.56. The van der Waals surface area contributed by atoms with Gasteiger partial charge < -0.3 is 11.1 Å². The molecular formula is C12H11N5. The summed E-state index contributed by atoms with van der Waals surface area (Å²) in [5.41, 5.74) is 8.31. The van der Waals surface area contributed by atoms with Gasteiger partial charge >= 0.3 is 0 Å². The molecule has 0 saturated heterocycles. The first kappa shape index (κ1) is 9.65. The molecule has 0 aliphatic carbocycles. The van der Waals surface area contributed by atoms with Crippen molar-refractivity contribution in [3.05, 3.63) is 42.7 Å². The summed E-state index contributed by atoms with van der Waals surface area (Å²) < 4.78 is 0. The average Bonchev–Trinajstić information content (AvgIpc) is 2.76. The number of anilines is 3. The number of hydrogen-bond acceptors (Lipinski definition) is 4. The molecule has 3 aromatic rings. The lowest BCUT2D eigenvalue weighted by Gasteiger charge is -2.07. The number of nitrogens with zero attached hydrogens (tertiary/aromatic N) is 2. The molecule has 0 amide bonds. The smallest absolute Gasteiger partial charge is 0.143 e. The summed E-state index contributed by atoms with van der Waals surface area (Å²) >= 11 is 0. The molecule has 17 heavy (non-hydrogen) atoms. The number of benzene rings is 1. The topological polar surface area (TPSA) is 79.6 Å². The Bertz CT molecular complexity index is 653. The predicted octanol–water partition coefficient (Wildman–Crippen LogP) is 2.28. The van der Waals surface area contributed by atoms with Gasteiger partial charge in [-0.15, -0.1) is 0 Å². The fourth-order valence-electron chi connectivity index (χ4n) is 1.75. The number of aromatic nitrogens is 3. The lowest BCUT2D eigenvalue weighted by Crippen LogP contribution is -1.95. The molecule has 0 aliphatic rings. The summed E-state index contributed by atoms with van der Waals surface area (Å²) in [6, 6.07) is 9.89. The third-order valence-corrected chi connectivity index (χ3v) is 2.57. The van der Waals surface area contributed by atoms with Crippen LogP contribution in [-0.2, 0) is 0 Å². The quantitative estimate of drug-likeness (QED) is 0.625. The lowest BCUT2D eigenvalue weighted by molar-refractivity contribution is 1.10.